The first-order valence-electron chi connectivity index (χ1n) is 5.82. The van der Waals surface area contributed by atoms with Crippen molar-refractivity contribution in [3.8, 4) is 17.0 Å². The first-order valence-corrected chi connectivity index (χ1v) is 6.61. The summed E-state index contributed by atoms with van der Waals surface area (Å²) in [5, 5.41) is 1.02. The molecule has 0 aliphatic rings. The Morgan fingerprint density at radius 1 is 1.00 bits per heavy atom. The summed E-state index contributed by atoms with van der Waals surface area (Å²) in [5.74, 6) is 0.839. The normalized spacial score (nSPS) is 10.6. The molecule has 19 heavy (non-hydrogen) atoms. The van der Waals surface area contributed by atoms with Gasteiger partial charge < -0.3 is 4.74 Å². The van der Waals surface area contributed by atoms with Gasteiger partial charge in [-0.05, 0) is 52.3 Å². The number of nitrogens with zero attached hydrogens (tertiary/aromatic N) is 2. The number of pyridine rings is 2. The lowest BCUT2D eigenvalue weighted by Crippen LogP contribution is -1.87. The minimum Gasteiger partial charge on any atom is -0.497 e. The molecular weight excluding hydrogens is 304 g/mol. The van der Waals surface area contributed by atoms with Crippen molar-refractivity contribution in [3.63, 3.8) is 0 Å². The lowest BCUT2D eigenvalue weighted by atomic mass is 10.1. The summed E-state index contributed by atoms with van der Waals surface area (Å²) >= 11 is 3.41. The summed E-state index contributed by atoms with van der Waals surface area (Å²) in [7, 11) is 1.66. The number of benzene rings is 1. The van der Waals surface area contributed by atoms with E-state index in [1.165, 1.54) is 0 Å². The smallest absolute Gasteiger partial charge is 0.118 e. The molecule has 0 amide bonds. The summed E-state index contributed by atoms with van der Waals surface area (Å²) in [5.41, 5.74) is 2.89. The Labute approximate surface area is 119 Å². The molecule has 3 aromatic rings. The fourth-order valence-corrected chi connectivity index (χ4v) is 2.26. The van der Waals surface area contributed by atoms with E-state index in [1.807, 2.05) is 42.6 Å². The molecular formula is C15H11BrN2O. The number of rotatable bonds is 2. The van der Waals surface area contributed by atoms with Crippen molar-refractivity contribution in [1.29, 1.82) is 0 Å². The average molecular weight is 315 g/mol. The van der Waals surface area contributed by atoms with Gasteiger partial charge in [0.2, 0.25) is 0 Å². The Balaban J connectivity index is 2.06. The maximum atomic E-state index is 5.15. The second kappa shape index (κ2) is 4.97. The van der Waals surface area contributed by atoms with Crippen LogP contribution in [0.3, 0.4) is 0 Å². The van der Waals surface area contributed by atoms with Gasteiger partial charge in [0.05, 0.1) is 18.3 Å². The van der Waals surface area contributed by atoms with Crippen LogP contribution >= 0.6 is 15.9 Å². The minimum absolute atomic E-state index is 0.839. The van der Waals surface area contributed by atoms with Crippen molar-refractivity contribution in [3.05, 3.63) is 53.3 Å². The molecule has 0 saturated heterocycles. The molecule has 0 aliphatic heterocycles. The van der Waals surface area contributed by atoms with Gasteiger partial charge in [0, 0.05) is 27.8 Å². The molecule has 2 aromatic heterocycles. The summed E-state index contributed by atoms with van der Waals surface area (Å²) < 4.78 is 6.11. The lowest BCUT2D eigenvalue weighted by Gasteiger charge is -2.04. The van der Waals surface area contributed by atoms with Crippen LogP contribution in [0.5, 0.6) is 5.75 Å². The van der Waals surface area contributed by atoms with Crippen LogP contribution in [-0.4, -0.2) is 17.1 Å². The summed E-state index contributed by atoms with van der Waals surface area (Å²) in [6.45, 7) is 0. The van der Waals surface area contributed by atoms with Crippen LogP contribution in [0.2, 0.25) is 0 Å². The highest BCUT2D eigenvalue weighted by molar-refractivity contribution is 9.10. The molecule has 0 bridgehead atoms. The number of ether oxygens (including phenoxy) is 1. The van der Waals surface area contributed by atoms with Crippen molar-refractivity contribution in [2.75, 3.05) is 7.11 Å². The van der Waals surface area contributed by atoms with Crippen LogP contribution in [0, 0.1) is 0 Å². The number of aromatic nitrogens is 2. The zero-order chi connectivity index (χ0) is 13.2. The van der Waals surface area contributed by atoms with E-state index in [0.29, 0.717) is 0 Å². The van der Waals surface area contributed by atoms with Gasteiger partial charge in [-0.3, -0.25) is 9.97 Å². The van der Waals surface area contributed by atoms with Crippen LogP contribution in [0.25, 0.3) is 22.2 Å². The molecule has 4 heteroatoms. The molecule has 2 heterocycles. The largest absolute Gasteiger partial charge is 0.497 e. The maximum Gasteiger partial charge on any atom is 0.118 e. The zero-order valence-electron chi connectivity index (χ0n) is 10.3. The summed E-state index contributed by atoms with van der Waals surface area (Å²) in [4.78, 5) is 8.86. The predicted molar refractivity (Wildman–Crippen MR) is 79.2 cm³/mol. The van der Waals surface area contributed by atoms with Crippen molar-refractivity contribution in [2.24, 2.45) is 0 Å². The topological polar surface area (TPSA) is 35.0 Å². The molecule has 0 atom stereocenters. The Kier molecular flexibility index (Phi) is 3.17. The predicted octanol–water partition coefficient (Wildman–Crippen LogP) is 4.07. The van der Waals surface area contributed by atoms with E-state index < -0.39 is 0 Å². The quantitative estimate of drug-likeness (QED) is 0.715. The van der Waals surface area contributed by atoms with Gasteiger partial charge in [0.1, 0.15) is 5.75 Å². The van der Waals surface area contributed by atoms with Gasteiger partial charge in [-0.2, -0.15) is 0 Å². The fraction of sp³-hybridized carbons (Fsp3) is 0.0667. The van der Waals surface area contributed by atoms with Gasteiger partial charge in [-0.15, -0.1) is 0 Å². The lowest BCUT2D eigenvalue weighted by molar-refractivity contribution is 0.415. The number of fused-ring (bicyclic) bond motifs is 1. The Bertz CT molecular complexity index is 726. The SMILES string of the molecule is COc1ccc(-c2cc3ncc(Br)cc3cn2)cc1. The summed E-state index contributed by atoms with van der Waals surface area (Å²) in [6, 6.07) is 11.8. The first-order chi connectivity index (χ1) is 9.26. The molecule has 3 nitrogen and oxygen atoms in total. The molecule has 94 valence electrons. The van der Waals surface area contributed by atoms with Crippen LogP contribution < -0.4 is 4.74 Å². The van der Waals surface area contributed by atoms with Crippen molar-refractivity contribution in [2.45, 2.75) is 0 Å². The van der Waals surface area contributed by atoms with Crippen molar-refractivity contribution >= 4 is 26.8 Å². The van der Waals surface area contributed by atoms with E-state index in [4.69, 9.17) is 4.74 Å². The highest BCUT2D eigenvalue weighted by atomic mass is 79.9. The molecule has 0 unspecified atom stereocenters. The first kappa shape index (κ1) is 12.1. The summed E-state index contributed by atoms with van der Waals surface area (Å²) in [6.07, 6.45) is 3.63. The van der Waals surface area contributed by atoms with Crippen LogP contribution in [0.15, 0.2) is 53.3 Å². The molecule has 0 spiro atoms. The number of methoxy groups -OCH3 is 1. The van der Waals surface area contributed by atoms with Gasteiger partial charge in [-0.1, -0.05) is 0 Å². The third-order valence-corrected chi connectivity index (χ3v) is 3.35. The van der Waals surface area contributed by atoms with Gasteiger partial charge in [-0.25, -0.2) is 0 Å². The second-order valence-electron chi connectivity index (χ2n) is 4.14. The number of hydrogen-bond acceptors (Lipinski definition) is 3. The van der Waals surface area contributed by atoms with Gasteiger partial charge in [0.25, 0.3) is 0 Å². The van der Waals surface area contributed by atoms with Gasteiger partial charge in [0.15, 0.2) is 0 Å². The monoisotopic (exact) mass is 314 g/mol. The third kappa shape index (κ3) is 2.44. The van der Waals surface area contributed by atoms with E-state index >= 15 is 0 Å². The molecule has 0 radical (unpaired) electrons. The van der Waals surface area contributed by atoms with Crippen LogP contribution in [0.1, 0.15) is 0 Å². The maximum absolute atomic E-state index is 5.15. The van der Waals surface area contributed by atoms with Crippen LogP contribution in [-0.2, 0) is 0 Å². The van der Waals surface area contributed by atoms with E-state index in [0.717, 1.165) is 32.4 Å². The molecule has 0 fully saturated rings. The van der Waals surface area contributed by atoms with Crippen molar-refractivity contribution in [1.82, 2.24) is 9.97 Å². The van der Waals surface area contributed by atoms with E-state index in [-0.39, 0.29) is 0 Å². The van der Waals surface area contributed by atoms with Crippen molar-refractivity contribution < 1.29 is 4.74 Å². The third-order valence-electron chi connectivity index (χ3n) is 2.92. The standard InChI is InChI=1S/C15H11BrN2O/c1-19-13-4-2-10(3-5-13)14-7-15-11(8-17-14)6-12(16)9-18-15/h2-9H,1H3. The highest BCUT2D eigenvalue weighted by Crippen LogP contribution is 2.24. The Morgan fingerprint density at radius 2 is 1.79 bits per heavy atom. The van der Waals surface area contributed by atoms with E-state index in [1.54, 1.807) is 13.3 Å². The van der Waals surface area contributed by atoms with Gasteiger partial charge >= 0.3 is 0 Å². The highest BCUT2D eigenvalue weighted by Gasteiger charge is 2.03. The zero-order valence-corrected chi connectivity index (χ0v) is 11.9. The minimum atomic E-state index is 0.839. The van der Waals surface area contributed by atoms with Crippen LogP contribution in [0.4, 0.5) is 0 Å². The number of halogens is 1. The van der Waals surface area contributed by atoms with E-state index in [9.17, 15) is 0 Å². The number of hydrogen-bond donors (Lipinski definition) is 0. The molecule has 0 N–H and O–H groups in total. The molecule has 1 aromatic carbocycles. The molecule has 0 aliphatic carbocycles. The second-order valence-corrected chi connectivity index (χ2v) is 5.06. The fourth-order valence-electron chi connectivity index (χ4n) is 1.92. The Morgan fingerprint density at radius 3 is 2.53 bits per heavy atom. The molecule has 0 saturated carbocycles. The average Bonchev–Trinajstić information content (AvgIpc) is 2.47. The Hall–Kier alpha value is -1.94. The van der Waals surface area contributed by atoms with E-state index in [2.05, 4.69) is 25.9 Å². The molecule has 3 rings (SSSR count).